The zero-order valence-electron chi connectivity index (χ0n) is 15.1. The number of nitrogens with zero attached hydrogens (tertiary/aromatic N) is 2. The van der Waals surface area contributed by atoms with Gasteiger partial charge in [0.25, 0.3) is 5.56 Å². The molecular weight excluding hydrogens is 365 g/mol. The number of aromatic nitrogens is 2. The molecular formula is C20H20FN3O2S. The third-order valence-corrected chi connectivity index (χ3v) is 5.22. The van der Waals surface area contributed by atoms with E-state index in [1.165, 1.54) is 36.0 Å². The van der Waals surface area contributed by atoms with Crippen LogP contribution in [0.3, 0.4) is 0 Å². The molecule has 0 spiro atoms. The summed E-state index contributed by atoms with van der Waals surface area (Å²) in [4.78, 5) is 29.7. The second kappa shape index (κ2) is 8.35. The molecule has 5 nitrogen and oxygen atoms in total. The summed E-state index contributed by atoms with van der Waals surface area (Å²) in [5, 5.41) is 3.80. The van der Waals surface area contributed by atoms with Crippen molar-refractivity contribution in [1.82, 2.24) is 9.55 Å². The van der Waals surface area contributed by atoms with Crippen molar-refractivity contribution in [2.24, 2.45) is 0 Å². The van der Waals surface area contributed by atoms with Crippen molar-refractivity contribution in [1.29, 1.82) is 0 Å². The monoisotopic (exact) mass is 385 g/mol. The highest BCUT2D eigenvalue weighted by molar-refractivity contribution is 7.99. The molecule has 0 aliphatic heterocycles. The van der Waals surface area contributed by atoms with Crippen LogP contribution in [0.25, 0.3) is 10.9 Å². The Labute approximate surface area is 160 Å². The Morgan fingerprint density at radius 2 is 1.93 bits per heavy atom. The van der Waals surface area contributed by atoms with Crippen molar-refractivity contribution >= 4 is 34.3 Å². The number of thioether (sulfide) groups is 1. The minimum Gasteiger partial charge on any atom is -0.325 e. The molecule has 0 saturated heterocycles. The molecule has 1 unspecified atom stereocenters. The SMILES string of the molecule is CCC(C)n1c(SCC(=O)Nc2ccc(F)cc2)nc2ccccc2c1=O. The highest BCUT2D eigenvalue weighted by Crippen LogP contribution is 2.22. The van der Waals surface area contributed by atoms with Crippen molar-refractivity contribution in [2.45, 2.75) is 31.5 Å². The normalized spacial score (nSPS) is 12.1. The maximum absolute atomic E-state index is 13.0. The van der Waals surface area contributed by atoms with E-state index in [1.807, 2.05) is 26.0 Å². The maximum atomic E-state index is 13.0. The number of benzene rings is 2. The third-order valence-electron chi connectivity index (χ3n) is 4.27. The minimum atomic E-state index is -0.361. The molecule has 140 valence electrons. The van der Waals surface area contributed by atoms with Crippen molar-refractivity contribution in [3.63, 3.8) is 0 Å². The standard InChI is InChI=1S/C20H20FN3O2S/c1-3-13(2)24-19(26)16-6-4-5-7-17(16)23-20(24)27-12-18(25)22-15-10-8-14(21)9-11-15/h4-11,13H,3,12H2,1-2H3,(H,22,25). The number of anilines is 1. The van der Waals surface area contributed by atoms with Crippen molar-refractivity contribution in [3.05, 3.63) is 64.7 Å². The molecule has 1 aromatic heterocycles. The molecule has 2 aromatic carbocycles. The predicted octanol–water partition coefficient (Wildman–Crippen LogP) is 4.24. The van der Waals surface area contributed by atoms with Crippen LogP contribution in [-0.2, 0) is 4.79 Å². The molecule has 27 heavy (non-hydrogen) atoms. The number of nitrogens with one attached hydrogen (secondary N) is 1. The first-order valence-electron chi connectivity index (χ1n) is 8.69. The molecule has 0 fully saturated rings. The summed E-state index contributed by atoms with van der Waals surface area (Å²) in [6.07, 6.45) is 0.773. The highest BCUT2D eigenvalue weighted by atomic mass is 32.2. The van der Waals surface area contributed by atoms with Crippen LogP contribution in [0.4, 0.5) is 10.1 Å². The molecule has 1 atom stereocenters. The summed E-state index contributed by atoms with van der Waals surface area (Å²) in [6.45, 7) is 3.96. The number of fused-ring (bicyclic) bond motifs is 1. The van der Waals surface area contributed by atoms with Crippen molar-refractivity contribution < 1.29 is 9.18 Å². The molecule has 3 rings (SSSR count). The van der Waals surface area contributed by atoms with Crippen LogP contribution in [-0.4, -0.2) is 21.2 Å². The molecule has 3 aromatic rings. The van der Waals surface area contributed by atoms with Crippen LogP contribution in [0.15, 0.2) is 58.5 Å². The van der Waals surface area contributed by atoms with Crippen LogP contribution in [0.1, 0.15) is 26.3 Å². The van der Waals surface area contributed by atoms with Gasteiger partial charge in [-0.05, 0) is 49.7 Å². The lowest BCUT2D eigenvalue weighted by molar-refractivity contribution is -0.113. The first-order valence-corrected chi connectivity index (χ1v) is 9.67. The molecule has 1 heterocycles. The quantitative estimate of drug-likeness (QED) is 0.509. The van der Waals surface area contributed by atoms with Gasteiger partial charge in [0.2, 0.25) is 5.91 Å². The third kappa shape index (κ3) is 4.36. The molecule has 0 radical (unpaired) electrons. The summed E-state index contributed by atoms with van der Waals surface area (Å²) in [6, 6.07) is 12.7. The van der Waals surface area contributed by atoms with E-state index < -0.39 is 0 Å². The van der Waals surface area contributed by atoms with Gasteiger partial charge in [-0.3, -0.25) is 14.2 Å². The maximum Gasteiger partial charge on any atom is 0.262 e. The van der Waals surface area contributed by atoms with Gasteiger partial charge in [-0.1, -0.05) is 30.8 Å². The highest BCUT2D eigenvalue weighted by Gasteiger charge is 2.16. The second-order valence-corrected chi connectivity index (χ2v) is 7.13. The smallest absolute Gasteiger partial charge is 0.262 e. The van der Waals surface area contributed by atoms with E-state index in [0.29, 0.717) is 21.7 Å². The summed E-state index contributed by atoms with van der Waals surface area (Å²) in [5.74, 6) is -0.511. The summed E-state index contributed by atoms with van der Waals surface area (Å²) < 4.78 is 14.6. The first-order chi connectivity index (χ1) is 13.0. The number of para-hydroxylation sites is 1. The molecule has 1 amide bonds. The Balaban J connectivity index is 1.84. The average molecular weight is 385 g/mol. The van der Waals surface area contributed by atoms with Gasteiger partial charge < -0.3 is 5.32 Å². The van der Waals surface area contributed by atoms with E-state index >= 15 is 0 Å². The molecule has 7 heteroatoms. The number of carbonyl (C=O) groups is 1. The number of halogens is 1. The van der Waals surface area contributed by atoms with Gasteiger partial charge in [0, 0.05) is 11.7 Å². The summed E-state index contributed by atoms with van der Waals surface area (Å²) in [7, 11) is 0. The largest absolute Gasteiger partial charge is 0.325 e. The molecule has 0 saturated carbocycles. The van der Waals surface area contributed by atoms with Crippen LogP contribution < -0.4 is 10.9 Å². The zero-order valence-corrected chi connectivity index (χ0v) is 15.9. The van der Waals surface area contributed by atoms with Crippen LogP contribution in [0, 0.1) is 5.82 Å². The molecule has 0 aliphatic rings. The Hall–Kier alpha value is -2.67. The molecule has 0 aliphatic carbocycles. The lowest BCUT2D eigenvalue weighted by atomic mass is 10.2. The van der Waals surface area contributed by atoms with Gasteiger partial charge in [-0.2, -0.15) is 0 Å². The van der Waals surface area contributed by atoms with Gasteiger partial charge in [0.1, 0.15) is 5.82 Å². The Morgan fingerprint density at radius 3 is 2.63 bits per heavy atom. The topological polar surface area (TPSA) is 64.0 Å². The van der Waals surface area contributed by atoms with Gasteiger partial charge in [-0.15, -0.1) is 0 Å². The number of amides is 1. The van der Waals surface area contributed by atoms with E-state index in [2.05, 4.69) is 10.3 Å². The van der Waals surface area contributed by atoms with Crippen LogP contribution >= 0.6 is 11.8 Å². The summed E-state index contributed by atoms with van der Waals surface area (Å²) >= 11 is 1.22. The van der Waals surface area contributed by atoms with Gasteiger partial charge in [0.05, 0.1) is 16.7 Å². The lowest BCUT2D eigenvalue weighted by Gasteiger charge is -2.18. The summed E-state index contributed by atoms with van der Waals surface area (Å²) in [5.41, 5.74) is 1.03. The van der Waals surface area contributed by atoms with E-state index in [0.717, 1.165) is 6.42 Å². The Bertz CT molecular complexity index is 1020. The van der Waals surface area contributed by atoms with E-state index in [9.17, 15) is 14.0 Å². The number of rotatable bonds is 6. The fraction of sp³-hybridized carbons (Fsp3) is 0.250. The van der Waals surface area contributed by atoms with E-state index in [1.54, 1.807) is 16.7 Å². The van der Waals surface area contributed by atoms with E-state index in [-0.39, 0.29) is 29.1 Å². The van der Waals surface area contributed by atoms with E-state index in [4.69, 9.17) is 0 Å². The Kier molecular flexibility index (Phi) is 5.91. The van der Waals surface area contributed by atoms with Gasteiger partial charge >= 0.3 is 0 Å². The minimum absolute atomic E-state index is 0.0303. The number of hydrogen-bond acceptors (Lipinski definition) is 4. The average Bonchev–Trinajstić information content (AvgIpc) is 2.68. The molecule has 1 N–H and O–H groups in total. The van der Waals surface area contributed by atoms with Crippen molar-refractivity contribution in [2.75, 3.05) is 11.1 Å². The number of hydrogen-bond donors (Lipinski definition) is 1. The first kappa shape index (κ1) is 19.1. The van der Waals surface area contributed by atoms with Gasteiger partial charge in [-0.25, -0.2) is 9.37 Å². The van der Waals surface area contributed by atoms with Gasteiger partial charge in [0.15, 0.2) is 5.16 Å². The van der Waals surface area contributed by atoms with Crippen LogP contribution in [0.2, 0.25) is 0 Å². The fourth-order valence-electron chi connectivity index (χ4n) is 2.66. The zero-order chi connectivity index (χ0) is 19.4. The number of carbonyl (C=O) groups excluding carboxylic acids is 1. The Morgan fingerprint density at radius 1 is 1.22 bits per heavy atom. The van der Waals surface area contributed by atoms with Crippen molar-refractivity contribution in [3.8, 4) is 0 Å². The fourth-order valence-corrected chi connectivity index (χ4v) is 3.56. The second-order valence-electron chi connectivity index (χ2n) is 6.19. The van der Waals surface area contributed by atoms with Crippen LogP contribution in [0.5, 0.6) is 0 Å². The molecule has 0 bridgehead atoms. The lowest BCUT2D eigenvalue weighted by Crippen LogP contribution is -2.26. The predicted molar refractivity (Wildman–Crippen MR) is 107 cm³/mol.